The van der Waals surface area contributed by atoms with Gasteiger partial charge in [0.2, 0.25) is 0 Å². The van der Waals surface area contributed by atoms with Crippen LogP contribution in [0.1, 0.15) is 39.7 Å². The molecule has 1 aromatic heterocycles. The Morgan fingerprint density at radius 1 is 1.28 bits per heavy atom. The predicted molar refractivity (Wildman–Crippen MR) is 78.0 cm³/mol. The average molecular weight is 260 g/mol. The number of nitrogens with one attached hydrogen (secondary N) is 1. The lowest BCUT2D eigenvalue weighted by molar-refractivity contribution is 0.572. The van der Waals surface area contributed by atoms with Gasteiger partial charge in [-0.05, 0) is 33.3 Å². The second-order valence-corrected chi connectivity index (χ2v) is 6.05. The number of rotatable bonds is 4. The summed E-state index contributed by atoms with van der Waals surface area (Å²) in [6, 6.07) is 9.00. The van der Waals surface area contributed by atoms with Crippen LogP contribution in [0.5, 0.6) is 0 Å². The van der Waals surface area contributed by atoms with Crippen molar-refractivity contribution in [3.63, 3.8) is 0 Å². The standard InChI is InChI=1S/C15H20N2S/c1-10-6-5-7-14(8-10)12(3)16-9-15-17-11(2)13(4)18-15/h5-8,12,16H,9H2,1-4H3/t12-/m0/s1. The lowest BCUT2D eigenvalue weighted by atomic mass is 10.1. The summed E-state index contributed by atoms with van der Waals surface area (Å²) < 4.78 is 0. The molecular weight excluding hydrogens is 240 g/mol. The molecule has 3 heteroatoms. The molecule has 1 atom stereocenters. The topological polar surface area (TPSA) is 24.9 Å². The van der Waals surface area contributed by atoms with Crippen LogP contribution < -0.4 is 5.32 Å². The molecule has 0 aliphatic carbocycles. The van der Waals surface area contributed by atoms with Crippen LogP contribution >= 0.6 is 11.3 Å². The van der Waals surface area contributed by atoms with Crippen molar-refractivity contribution in [2.24, 2.45) is 0 Å². The molecule has 0 aliphatic heterocycles. The van der Waals surface area contributed by atoms with Crippen LogP contribution in [0.4, 0.5) is 0 Å². The van der Waals surface area contributed by atoms with Gasteiger partial charge in [0.1, 0.15) is 5.01 Å². The third kappa shape index (κ3) is 3.18. The summed E-state index contributed by atoms with van der Waals surface area (Å²) >= 11 is 1.78. The van der Waals surface area contributed by atoms with Gasteiger partial charge in [-0.15, -0.1) is 11.3 Å². The highest BCUT2D eigenvalue weighted by Gasteiger charge is 2.07. The van der Waals surface area contributed by atoms with E-state index in [1.54, 1.807) is 11.3 Å². The van der Waals surface area contributed by atoms with Crippen molar-refractivity contribution < 1.29 is 0 Å². The Kier molecular flexibility index (Phi) is 4.15. The summed E-state index contributed by atoms with van der Waals surface area (Å²) in [6.07, 6.45) is 0. The molecule has 0 radical (unpaired) electrons. The van der Waals surface area contributed by atoms with Gasteiger partial charge in [-0.2, -0.15) is 0 Å². The Morgan fingerprint density at radius 3 is 2.67 bits per heavy atom. The van der Waals surface area contributed by atoms with Crippen LogP contribution in [0, 0.1) is 20.8 Å². The molecule has 0 fully saturated rings. The Labute approximate surface area is 113 Å². The highest BCUT2D eigenvalue weighted by Crippen LogP contribution is 2.18. The van der Waals surface area contributed by atoms with Gasteiger partial charge in [-0.25, -0.2) is 4.98 Å². The molecule has 0 saturated heterocycles. The quantitative estimate of drug-likeness (QED) is 0.901. The van der Waals surface area contributed by atoms with Crippen molar-refractivity contribution in [1.29, 1.82) is 0 Å². The molecule has 0 saturated carbocycles. The number of hydrogen-bond acceptors (Lipinski definition) is 3. The fourth-order valence-corrected chi connectivity index (χ4v) is 2.80. The highest BCUT2D eigenvalue weighted by molar-refractivity contribution is 7.11. The van der Waals surface area contributed by atoms with Crippen LogP contribution in [-0.4, -0.2) is 4.98 Å². The molecule has 96 valence electrons. The maximum atomic E-state index is 4.55. The first-order chi connectivity index (χ1) is 8.56. The van der Waals surface area contributed by atoms with Gasteiger partial charge in [0.05, 0.1) is 5.69 Å². The molecule has 0 aliphatic rings. The first-order valence-corrected chi connectivity index (χ1v) is 7.11. The molecule has 18 heavy (non-hydrogen) atoms. The van der Waals surface area contributed by atoms with E-state index in [1.165, 1.54) is 21.0 Å². The van der Waals surface area contributed by atoms with Crippen molar-refractivity contribution >= 4 is 11.3 Å². The molecule has 2 rings (SSSR count). The molecule has 0 bridgehead atoms. The second-order valence-electron chi connectivity index (χ2n) is 4.77. The van der Waals surface area contributed by atoms with Crippen LogP contribution in [0.3, 0.4) is 0 Å². The van der Waals surface area contributed by atoms with E-state index >= 15 is 0 Å². The van der Waals surface area contributed by atoms with E-state index in [-0.39, 0.29) is 0 Å². The van der Waals surface area contributed by atoms with E-state index < -0.39 is 0 Å². The zero-order valence-electron chi connectivity index (χ0n) is 11.4. The molecule has 0 spiro atoms. The molecule has 2 nitrogen and oxygen atoms in total. The number of aromatic nitrogens is 1. The van der Waals surface area contributed by atoms with Crippen LogP contribution in [0.2, 0.25) is 0 Å². The zero-order valence-corrected chi connectivity index (χ0v) is 12.3. The zero-order chi connectivity index (χ0) is 13.1. The lowest BCUT2D eigenvalue weighted by Gasteiger charge is -2.13. The number of hydrogen-bond donors (Lipinski definition) is 1. The van der Waals surface area contributed by atoms with Gasteiger partial charge in [-0.1, -0.05) is 29.8 Å². The highest BCUT2D eigenvalue weighted by atomic mass is 32.1. The summed E-state index contributed by atoms with van der Waals surface area (Å²) in [7, 11) is 0. The largest absolute Gasteiger partial charge is 0.304 e. The minimum Gasteiger partial charge on any atom is -0.304 e. The fourth-order valence-electron chi connectivity index (χ4n) is 1.91. The van der Waals surface area contributed by atoms with Crippen molar-refractivity contribution in [3.05, 3.63) is 51.0 Å². The number of thiazole rings is 1. The van der Waals surface area contributed by atoms with E-state index in [0.717, 1.165) is 12.2 Å². The Bertz CT molecular complexity index is 512. The van der Waals surface area contributed by atoms with Crippen LogP contribution in [-0.2, 0) is 6.54 Å². The molecular formula is C15H20N2S. The number of benzene rings is 1. The number of nitrogens with zero attached hydrogens (tertiary/aromatic N) is 1. The van der Waals surface area contributed by atoms with E-state index in [0.29, 0.717) is 6.04 Å². The van der Waals surface area contributed by atoms with Crippen LogP contribution in [0.15, 0.2) is 24.3 Å². The Balaban J connectivity index is 1.98. The second kappa shape index (κ2) is 5.63. The van der Waals surface area contributed by atoms with Crippen molar-refractivity contribution in [3.8, 4) is 0 Å². The van der Waals surface area contributed by atoms with Gasteiger partial charge in [0.15, 0.2) is 0 Å². The summed E-state index contributed by atoms with van der Waals surface area (Å²) in [5, 5.41) is 4.70. The molecule has 0 amide bonds. The van der Waals surface area contributed by atoms with Crippen molar-refractivity contribution in [2.45, 2.75) is 40.3 Å². The van der Waals surface area contributed by atoms with Gasteiger partial charge in [0.25, 0.3) is 0 Å². The first-order valence-electron chi connectivity index (χ1n) is 6.29. The molecule has 1 heterocycles. The van der Waals surface area contributed by atoms with Crippen molar-refractivity contribution in [1.82, 2.24) is 10.3 Å². The smallest absolute Gasteiger partial charge is 0.107 e. The third-order valence-electron chi connectivity index (χ3n) is 3.17. The minimum absolute atomic E-state index is 0.356. The Morgan fingerprint density at radius 2 is 2.06 bits per heavy atom. The van der Waals surface area contributed by atoms with E-state index in [2.05, 4.69) is 62.3 Å². The van der Waals surface area contributed by atoms with Crippen LogP contribution in [0.25, 0.3) is 0 Å². The summed E-state index contributed by atoms with van der Waals surface area (Å²) in [6.45, 7) is 9.36. The van der Waals surface area contributed by atoms with E-state index in [9.17, 15) is 0 Å². The summed E-state index contributed by atoms with van der Waals surface area (Å²) in [4.78, 5) is 5.86. The van der Waals surface area contributed by atoms with E-state index in [4.69, 9.17) is 0 Å². The van der Waals surface area contributed by atoms with E-state index in [1.807, 2.05) is 0 Å². The van der Waals surface area contributed by atoms with Gasteiger partial charge in [-0.3, -0.25) is 0 Å². The molecule has 1 aromatic carbocycles. The maximum Gasteiger partial charge on any atom is 0.107 e. The monoisotopic (exact) mass is 260 g/mol. The van der Waals surface area contributed by atoms with Crippen molar-refractivity contribution in [2.75, 3.05) is 0 Å². The normalized spacial score (nSPS) is 12.7. The van der Waals surface area contributed by atoms with Gasteiger partial charge in [0, 0.05) is 17.5 Å². The fraction of sp³-hybridized carbons (Fsp3) is 0.400. The maximum absolute atomic E-state index is 4.55. The molecule has 1 N–H and O–H groups in total. The minimum atomic E-state index is 0.356. The first kappa shape index (κ1) is 13.2. The number of aryl methyl sites for hydroxylation is 3. The SMILES string of the molecule is Cc1cccc([C@H](C)NCc2nc(C)c(C)s2)c1. The summed E-state index contributed by atoms with van der Waals surface area (Å²) in [5.41, 5.74) is 3.79. The lowest BCUT2D eigenvalue weighted by Crippen LogP contribution is -2.18. The predicted octanol–water partition coefficient (Wildman–Crippen LogP) is 3.92. The van der Waals surface area contributed by atoms with Gasteiger partial charge >= 0.3 is 0 Å². The molecule has 2 aromatic rings. The third-order valence-corrected chi connectivity index (χ3v) is 4.25. The van der Waals surface area contributed by atoms with Gasteiger partial charge < -0.3 is 5.32 Å². The average Bonchev–Trinajstić information content (AvgIpc) is 2.66. The summed E-state index contributed by atoms with van der Waals surface area (Å²) in [5.74, 6) is 0. The molecule has 0 unspecified atom stereocenters. The Hall–Kier alpha value is -1.19.